The molecule has 0 atom stereocenters. The maximum absolute atomic E-state index is 10.7. The normalized spacial score (nSPS) is 14.8. The maximum atomic E-state index is 10.7. The minimum Gasteiger partial charge on any atom is -0.376 e. The van der Waals surface area contributed by atoms with E-state index in [1.165, 1.54) is 5.03 Å². The molecule has 0 saturated heterocycles. The van der Waals surface area contributed by atoms with Gasteiger partial charge in [0.2, 0.25) is 0 Å². The lowest BCUT2D eigenvalue weighted by atomic mass is 10.3. The number of hydrogen-bond donors (Lipinski definition) is 1. The molecule has 0 aromatic heterocycles. The summed E-state index contributed by atoms with van der Waals surface area (Å²) < 4.78 is 0. The molecule has 0 fully saturated rings. The van der Waals surface area contributed by atoms with Crippen LogP contribution in [0, 0.1) is 0 Å². The highest BCUT2D eigenvalue weighted by Crippen LogP contribution is 2.29. The second kappa shape index (κ2) is 7.01. The van der Waals surface area contributed by atoms with E-state index < -0.39 is 0 Å². The number of hydrogen-bond acceptors (Lipinski definition) is 4. The number of dihydropyridines is 1. The number of rotatable bonds is 6. The van der Waals surface area contributed by atoms with Gasteiger partial charge >= 0.3 is 0 Å². The van der Waals surface area contributed by atoms with E-state index in [1.54, 1.807) is 28.5 Å². The highest BCUT2D eigenvalue weighted by atomic mass is 33.1. The van der Waals surface area contributed by atoms with Crippen LogP contribution in [0.4, 0.5) is 0 Å². The van der Waals surface area contributed by atoms with Crippen molar-refractivity contribution in [2.75, 3.05) is 12.3 Å². The Morgan fingerprint density at radius 3 is 3.14 bits per heavy atom. The van der Waals surface area contributed by atoms with Gasteiger partial charge in [0.25, 0.3) is 0 Å². The molecular formula is C10H15NOS2. The second-order valence-corrected chi connectivity index (χ2v) is 5.51. The lowest BCUT2D eigenvalue weighted by Crippen LogP contribution is -2.12. The molecule has 4 heteroatoms. The molecule has 0 aromatic rings. The molecule has 0 aromatic carbocycles. The molecule has 0 amide bonds. The van der Waals surface area contributed by atoms with Crippen LogP contribution in [-0.2, 0) is 4.79 Å². The fourth-order valence-corrected chi connectivity index (χ4v) is 3.06. The summed E-state index contributed by atoms with van der Waals surface area (Å²) in [6.07, 6.45) is 7.92. The summed E-state index contributed by atoms with van der Waals surface area (Å²) in [4.78, 5) is 10.7. The summed E-state index contributed by atoms with van der Waals surface area (Å²) in [5.41, 5.74) is 0. The Morgan fingerprint density at radius 1 is 1.64 bits per heavy atom. The fourth-order valence-electron chi connectivity index (χ4n) is 0.984. The summed E-state index contributed by atoms with van der Waals surface area (Å²) in [5, 5.41) is 4.48. The van der Waals surface area contributed by atoms with Crippen LogP contribution >= 0.6 is 21.6 Å². The first-order valence-electron chi connectivity index (χ1n) is 4.68. The Balaban J connectivity index is 2.01. The van der Waals surface area contributed by atoms with Gasteiger partial charge in [0.15, 0.2) is 0 Å². The molecule has 2 nitrogen and oxygen atoms in total. The molecule has 78 valence electrons. The topological polar surface area (TPSA) is 29.1 Å². The van der Waals surface area contributed by atoms with Crippen molar-refractivity contribution in [2.24, 2.45) is 0 Å². The molecule has 0 bridgehead atoms. The molecule has 1 aliphatic rings. The maximum Gasteiger partial charge on any atom is 0.129 e. The summed E-state index contributed by atoms with van der Waals surface area (Å²) in [6, 6.07) is 0. The van der Waals surface area contributed by atoms with Gasteiger partial charge in [-0.15, -0.1) is 0 Å². The third-order valence-corrected chi connectivity index (χ3v) is 4.11. The van der Waals surface area contributed by atoms with E-state index in [-0.39, 0.29) is 5.78 Å². The highest BCUT2D eigenvalue weighted by Gasteiger charge is 2.00. The van der Waals surface area contributed by atoms with Crippen LogP contribution in [0.3, 0.4) is 0 Å². The minimum absolute atomic E-state index is 0.286. The van der Waals surface area contributed by atoms with Gasteiger partial charge in [0, 0.05) is 18.7 Å². The van der Waals surface area contributed by atoms with E-state index in [4.69, 9.17) is 0 Å². The zero-order valence-corrected chi connectivity index (χ0v) is 9.92. The first-order chi connectivity index (χ1) is 6.79. The van der Waals surface area contributed by atoms with Gasteiger partial charge in [0.1, 0.15) is 5.78 Å². The van der Waals surface area contributed by atoms with Gasteiger partial charge in [-0.3, -0.25) is 0 Å². The van der Waals surface area contributed by atoms with Crippen LogP contribution in [0.5, 0.6) is 0 Å². The number of carbonyl (C=O) groups excluding carboxylic acids is 1. The molecule has 1 N–H and O–H groups in total. The smallest absolute Gasteiger partial charge is 0.129 e. The molecule has 1 heterocycles. The summed E-state index contributed by atoms with van der Waals surface area (Å²) in [6.45, 7) is 2.57. The zero-order chi connectivity index (χ0) is 10.2. The quantitative estimate of drug-likeness (QED) is 0.560. The first kappa shape index (κ1) is 11.7. The van der Waals surface area contributed by atoms with Crippen LogP contribution in [0.2, 0.25) is 0 Å². The Kier molecular flexibility index (Phi) is 5.87. The van der Waals surface area contributed by atoms with Gasteiger partial charge < -0.3 is 10.1 Å². The zero-order valence-electron chi connectivity index (χ0n) is 8.29. The summed E-state index contributed by atoms with van der Waals surface area (Å²) in [5.74, 6) is 1.32. The van der Waals surface area contributed by atoms with Crippen molar-refractivity contribution in [1.29, 1.82) is 0 Å². The molecule has 14 heavy (non-hydrogen) atoms. The van der Waals surface area contributed by atoms with E-state index in [9.17, 15) is 4.79 Å². The Morgan fingerprint density at radius 2 is 2.50 bits per heavy atom. The van der Waals surface area contributed by atoms with E-state index in [0.717, 1.165) is 18.7 Å². The van der Waals surface area contributed by atoms with Crippen LogP contribution in [-0.4, -0.2) is 18.1 Å². The molecule has 0 unspecified atom stereocenters. The number of carbonyl (C=O) groups is 1. The third kappa shape index (κ3) is 5.40. The summed E-state index contributed by atoms with van der Waals surface area (Å²) in [7, 11) is 3.55. The van der Waals surface area contributed by atoms with Crippen molar-refractivity contribution < 1.29 is 4.79 Å². The van der Waals surface area contributed by atoms with Gasteiger partial charge in [-0.05, 0) is 30.2 Å². The van der Waals surface area contributed by atoms with Crippen molar-refractivity contribution in [2.45, 2.75) is 19.8 Å². The third-order valence-electron chi connectivity index (χ3n) is 1.68. The van der Waals surface area contributed by atoms with Crippen molar-refractivity contribution in [3.05, 3.63) is 23.3 Å². The SMILES string of the molecule is CC(=O)CCCSSC1=CC=CCN1. The Hall–Kier alpha value is -0.350. The van der Waals surface area contributed by atoms with E-state index in [0.29, 0.717) is 6.42 Å². The van der Waals surface area contributed by atoms with Crippen LogP contribution in [0.1, 0.15) is 19.8 Å². The average Bonchev–Trinajstić information content (AvgIpc) is 2.18. The van der Waals surface area contributed by atoms with Crippen molar-refractivity contribution in [3.8, 4) is 0 Å². The molecule has 0 saturated carbocycles. The van der Waals surface area contributed by atoms with Gasteiger partial charge in [-0.2, -0.15) is 0 Å². The van der Waals surface area contributed by atoms with E-state index >= 15 is 0 Å². The van der Waals surface area contributed by atoms with Crippen LogP contribution in [0.25, 0.3) is 0 Å². The number of Topliss-reactive ketones (excluding diaryl/α,β-unsaturated/α-hetero) is 1. The van der Waals surface area contributed by atoms with Crippen molar-refractivity contribution in [3.63, 3.8) is 0 Å². The van der Waals surface area contributed by atoms with Crippen LogP contribution in [0.15, 0.2) is 23.3 Å². The van der Waals surface area contributed by atoms with Crippen LogP contribution < -0.4 is 5.32 Å². The number of allylic oxidation sites excluding steroid dienone is 2. The number of ketones is 1. The number of nitrogens with one attached hydrogen (secondary N) is 1. The Bertz CT molecular complexity index is 249. The molecular weight excluding hydrogens is 214 g/mol. The average molecular weight is 229 g/mol. The lowest BCUT2D eigenvalue weighted by Gasteiger charge is -2.09. The minimum atomic E-state index is 0.286. The molecule has 0 spiro atoms. The van der Waals surface area contributed by atoms with Gasteiger partial charge in [0.05, 0.1) is 5.03 Å². The largest absolute Gasteiger partial charge is 0.376 e. The van der Waals surface area contributed by atoms with E-state index in [1.807, 2.05) is 0 Å². The fraction of sp³-hybridized carbons (Fsp3) is 0.500. The molecule has 0 radical (unpaired) electrons. The van der Waals surface area contributed by atoms with Gasteiger partial charge in [-0.1, -0.05) is 22.9 Å². The van der Waals surface area contributed by atoms with Crippen molar-refractivity contribution in [1.82, 2.24) is 5.32 Å². The standard InChI is InChI=1S/C10H15NOS2/c1-9(12)5-4-8-13-14-10-6-2-3-7-11-10/h2-3,6,11H,4-5,7-8H2,1H3. The van der Waals surface area contributed by atoms with Gasteiger partial charge in [-0.25, -0.2) is 0 Å². The first-order valence-corrected chi connectivity index (χ1v) is 7.00. The highest BCUT2D eigenvalue weighted by molar-refractivity contribution is 8.78. The predicted octanol–water partition coefficient (Wildman–Crippen LogP) is 2.74. The predicted molar refractivity (Wildman–Crippen MR) is 65.2 cm³/mol. The van der Waals surface area contributed by atoms with Crippen molar-refractivity contribution >= 4 is 27.4 Å². The molecule has 0 aliphatic carbocycles. The monoisotopic (exact) mass is 229 g/mol. The Labute approximate surface area is 93.0 Å². The van der Waals surface area contributed by atoms with E-state index in [2.05, 4.69) is 23.5 Å². The second-order valence-electron chi connectivity index (χ2n) is 3.05. The molecule has 1 aliphatic heterocycles. The lowest BCUT2D eigenvalue weighted by molar-refractivity contribution is -0.117. The molecule has 1 rings (SSSR count). The summed E-state index contributed by atoms with van der Waals surface area (Å²) >= 11 is 0.